The van der Waals surface area contributed by atoms with Gasteiger partial charge >= 0.3 is 29.9 Å². The average molecular weight is 642 g/mol. The predicted octanol–water partition coefficient (Wildman–Crippen LogP) is 0.110. The van der Waals surface area contributed by atoms with Gasteiger partial charge in [-0.15, -0.1) is 11.8 Å². The summed E-state index contributed by atoms with van der Waals surface area (Å²) in [6.07, 6.45) is -0.858. The van der Waals surface area contributed by atoms with Gasteiger partial charge in [-0.05, 0) is 49.9 Å². The molecular formula is C26H31FN4O12S. The van der Waals surface area contributed by atoms with E-state index >= 15 is 0 Å². The Balaban J connectivity index is 1.84. The van der Waals surface area contributed by atoms with E-state index in [0.717, 1.165) is 28.8 Å². The molecule has 0 aromatic heterocycles. The molecule has 18 heteroatoms. The van der Waals surface area contributed by atoms with Crippen LogP contribution in [0.4, 0.5) is 9.18 Å². The summed E-state index contributed by atoms with van der Waals surface area (Å²) in [6, 6.07) is -1.12. The van der Waals surface area contributed by atoms with E-state index in [1.807, 2.05) is 5.32 Å². The van der Waals surface area contributed by atoms with Crippen LogP contribution in [0.15, 0.2) is 24.3 Å². The first-order chi connectivity index (χ1) is 20.7. The topological polar surface area (TPSA) is 257 Å². The van der Waals surface area contributed by atoms with E-state index in [0.29, 0.717) is 0 Å². The van der Waals surface area contributed by atoms with Gasteiger partial charge in [0.15, 0.2) is 0 Å². The highest BCUT2D eigenvalue weighted by Crippen LogP contribution is 2.26. The second-order valence-electron chi connectivity index (χ2n) is 9.61. The van der Waals surface area contributed by atoms with Crippen molar-refractivity contribution in [3.05, 3.63) is 35.6 Å². The summed E-state index contributed by atoms with van der Waals surface area (Å²) < 4.78 is 13.1. The second kappa shape index (κ2) is 16.8. The Morgan fingerprint density at radius 1 is 0.841 bits per heavy atom. The van der Waals surface area contributed by atoms with Crippen LogP contribution in [0.2, 0.25) is 0 Å². The van der Waals surface area contributed by atoms with Crippen LogP contribution < -0.4 is 16.0 Å². The van der Waals surface area contributed by atoms with Crippen LogP contribution in [0.5, 0.6) is 0 Å². The fourth-order valence-electron chi connectivity index (χ4n) is 4.01. The van der Waals surface area contributed by atoms with E-state index in [9.17, 15) is 53.0 Å². The summed E-state index contributed by atoms with van der Waals surface area (Å²) in [5.41, 5.74) is 0.0654. The number of hydrogen-bond donors (Lipinski definition) is 7. The van der Waals surface area contributed by atoms with Gasteiger partial charge in [0.05, 0.1) is 5.25 Å². The zero-order chi connectivity index (χ0) is 33.0. The number of halogens is 1. The van der Waals surface area contributed by atoms with E-state index in [4.69, 9.17) is 10.2 Å². The standard InChI is InChI=1S/C26H31FN4O12S/c27-14-6-4-13(5-7-14)21(35)28-15(23(37)38)3-1-2-10-31-19(32)11-18(22(31)36)44-12-17(25(41)42)30-26(43)29-16(24(39)40)8-9-20(33)34/h4-7,15-18H,1-3,8-12H2,(H,28,35)(H,33,34)(H,37,38)(H,39,40)(H,41,42)(H2,29,30,43)/t15-,16-,17-,18?/m0/s1/i27-1. The molecule has 0 aliphatic carbocycles. The number of aliphatic carboxylic acids is 4. The number of carbonyl (C=O) groups excluding carboxylic acids is 4. The number of hydrogen-bond acceptors (Lipinski definition) is 9. The number of imide groups is 1. The van der Waals surface area contributed by atoms with E-state index in [2.05, 4.69) is 10.6 Å². The lowest BCUT2D eigenvalue weighted by atomic mass is 10.1. The molecule has 1 heterocycles. The minimum Gasteiger partial charge on any atom is -0.481 e. The molecule has 1 aromatic rings. The van der Waals surface area contributed by atoms with E-state index < -0.39 is 89.7 Å². The van der Waals surface area contributed by atoms with Crippen molar-refractivity contribution in [2.24, 2.45) is 0 Å². The molecule has 0 saturated carbocycles. The molecule has 1 aliphatic heterocycles. The molecule has 7 N–H and O–H groups in total. The van der Waals surface area contributed by atoms with Crippen LogP contribution in [-0.2, 0) is 28.8 Å². The maximum absolute atomic E-state index is 13.1. The van der Waals surface area contributed by atoms with Gasteiger partial charge in [0.2, 0.25) is 11.8 Å². The van der Waals surface area contributed by atoms with Crippen LogP contribution in [0, 0.1) is 5.82 Å². The number of carbonyl (C=O) groups is 8. The van der Waals surface area contributed by atoms with E-state index in [1.54, 1.807) is 0 Å². The number of benzene rings is 1. The number of unbranched alkanes of at least 4 members (excludes halogenated alkanes) is 1. The minimum atomic E-state index is -1.59. The Bertz CT molecular complexity index is 1280. The third-order valence-corrected chi connectivity index (χ3v) is 7.65. The summed E-state index contributed by atoms with van der Waals surface area (Å²) >= 11 is 0.793. The molecule has 44 heavy (non-hydrogen) atoms. The van der Waals surface area contributed by atoms with Crippen LogP contribution in [0.25, 0.3) is 0 Å². The molecule has 2 rings (SSSR count). The molecule has 1 aliphatic rings. The van der Waals surface area contributed by atoms with Gasteiger partial charge in [-0.2, -0.15) is 0 Å². The number of amides is 5. The number of carboxylic acid groups (broad SMARTS) is 4. The minimum absolute atomic E-state index is 0.0241. The number of thioether (sulfide) groups is 1. The Morgan fingerprint density at radius 2 is 1.41 bits per heavy atom. The first-order valence-electron chi connectivity index (χ1n) is 13.2. The van der Waals surface area contributed by atoms with Gasteiger partial charge in [-0.3, -0.25) is 24.1 Å². The van der Waals surface area contributed by atoms with Gasteiger partial charge in [-0.1, -0.05) is 0 Å². The first kappa shape index (κ1) is 35.5. The number of rotatable bonds is 18. The van der Waals surface area contributed by atoms with Gasteiger partial charge in [0.1, 0.15) is 23.9 Å². The van der Waals surface area contributed by atoms with Gasteiger partial charge in [-0.25, -0.2) is 23.6 Å². The van der Waals surface area contributed by atoms with E-state index in [-0.39, 0.29) is 43.5 Å². The van der Waals surface area contributed by atoms with Crippen molar-refractivity contribution in [3.8, 4) is 0 Å². The molecule has 1 fully saturated rings. The SMILES string of the molecule is O=C(O)CC[C@H](NC(=O)N[C@@H](CSC1CC(=O)N(CCCC[C@H](NC(=O)c2ccc([18F])cc2)C(=O)O)C1=O)C(=O)O)C(=O)O. The molecule has 0 bridgehead atoms. The highest BCUT2D eigenvalue weighted by molar-refractivity contribution is 8.00. The van der Waals surface area contributed by atoms with E-state index in [1.165, 1.54) is 12.1 Å². The quantitative estimate of drug-likeness (QED) is 0.0831. The van der Waals surface area contributed by atoms with Crippen molar-refractivity contribution in [1.29, 1.82) is 0 Å². The zero-order valence-corrected chi connectivity index (χ0v) is 23.9. The second-order valence-corrected chi connectivity index (χ2v) is 10.8. The predicted molar refractivity (Wildman–Crippen MR) is 148 cm³/mol. The number of nitrogens with zero attached hydrogens (tertiary/aromatic N) is 1. The molecule has 5 amide bonds. The van der Waals surface area contributed by atoms with Gasteiger partial charge in [0, 0.05) is 30.7 Å². The van der Waals surface area contributed by atoms with Gasteiger partial charge < -0.3 is 36.4 Å². The average Bonchev–Trinajstić information content (AvgIpc) is 3.21. The van der Waals surface area contributed by atoms with Crippen molar-refractivity contribution < 1.29 is 63.2 Å². The lowest BCUT2D eigenvalue weighted by molar-refractivity contribution is -0.141. The molecular weight excluding hydrogens is 610 g/mol. The van der Waals surface area contributed by atoms with Crippen LogP contribution >= 0.6 is 11.8 Å². The van der Waals surface area contributed by atoms with Crippen molar-refractivity contribution in [1.82, 2.24) is 20.9 Å². The zero-order valence-electron chi connectivity index (χ0n) is 23.1. The normalized spacial score (nSPS) is 16.5. The van der Waals surface area contributed by atoms with Gasteiger partial charge in [0.25, 0.3) is 5.91 Å². The number of nitrogens with one attached hydrogen (secondary N) is 3. The number of carboxylic acids is 4. The monoisotopic (exact) mass is 641 g/mol. The maximum Gasteiger partial charge on any atom is 0.327 e. The molecule has 1 unspecified atom stereocenters. The molecule has 1 saturated heterocycles. The summed E-state index contributed by atoms with van der Waals surface area (Å²) in [5.74, 6) is -8.40. The summed E-state index contributed by atoms with van der Waals surface area (Å²) in [4.78, 5) is 95.7. The van der Waals surface area contributed by atoms with Crippen LogP contribution in [0.3, 0.4) is 0 Å². The number of urea groups is 1. The fraction of sp³-hybridized carbons (Fsp3) is 0.462. The highest BCUT2D eigenvalue weighted by Gasteiger charge is 2.39. The first-order valence-corrected chi connectivity index (χ1v) is 14.2. The Kier molecular flexibility index (Phi) is 13.5. The van der Waals surface area contributed by atoms with Crippen LogP contribution in [-0.4, -0.2) is 109 Å². The summed E-state index contributed by atoms with van der Waals surface area (Å²) in [7, 11) is 0. The Morgan fingerprint density at radius 3 is 1.98 bits per heavy atom. The summed E-state index contributed by atoms with van der Waals surface area (Å²) in [5, 5.41) is 42.1. The summed E-state index contributed by atoms with van der Waals surface area (Å²) in [6.45, 7) is -0.0527. The molecule has 0 spiro atoms. The van der Waals surface area contributed by atoms with Crippen LogP contribution in [0.1, 0.15) is 48.9 Å². The number of likely N-dealkylation sites (tertiary alicyclic amines) is 1. The highest BCUT2D eigenvalue weighted by atomic mass is 32.2. The molecule has 0 radical (unpaired) electrons. The Labute approximate surface area is 253 Å². The Hall–Kier alpha value is -4.74. The lowest BCUT2D eigenvalue weighted by Crippen LogP contribution is -2.52. The third-order valence-electron chi connectivity index (χ3n) is 6.35. The molecule has 4 atom stereocenters. The molecule has 16 nitrogen and oxygen atoms in total. The molecule has 240 valence electrons. The lowest BCUT2D eigenvalue weighted by Gasteiger charge is -2.19. The smallest absolute Gasteiger partial charge is 0.327 e. The largest absolute Gasteiger partial charge is 0.481 e. The maximum atomic E-state index is 13.1. The van der Waals surface area contributed by atoms with Crippen molar-refractivity contribution >= 4 is 59.4 Å². The van der Waals surface area contributed by atoms with Crippen molar-refractivity contribution in [3.63, 3.8) is 0 Å². The van der Waals surface area contributed by atoms with Crippen molar-refractivity contribution in [2.75, 3.05) is 12.3 Å². The third kappa shape index (κ3) is 11.2. The fourth-order valence-corrected chi connectivity index (χ4v) is 5.19. The molecule has 1 aromatic carbocycles. The van der Waals surface area contributed by atoms with Crippen molar-refractivity contribution in [2.45, 2.75) is 61.9 Å².